The monoisotopic (exact) mass is 450 g/mol. The second-order valence-corrected chi connectivity index (χ2v) is 7.18. The lowest BCUT2D eigenvalue weighted by atomic mass is 10.1. The highest BCUT2D eigenvalue weighted by atomic mass is 35.5. The number of hydrogen-bond acceptors (Lipinski definition) is 5. The summed E-state index contributed by atoms with van der Waals surface area (Å²) in [5, 5.41) is 0.225. The fourth-order valence-corrected chi connectivity index (χ4v) is 3.35. The molecule has 0 fully saturated rings. The minimum Gasteiger partial charge on any atom is -0.493 e. The number of halogens is 1. The highest BCUT2D eigenvalue weighted by molar-refractivity contribution is 6.29. The normalized spacial score (nSPS) is 11.1. The number of carbonyl (C=O) groups is 1. The molecule has 2 aromatic carbocycles. The van der Waals surface area contributed by atoms with E-state index in [9.17, 15) is 9.59 Å². The maximum absolute atomic E-state index is 12.7. The van der Waals surface area contributed by atoms with Crippen LogP contribution in [0.4, 0.5) is 0 Å². The number of aromatic nitrogens is 2. The molecule has 0 bridgehead atoms. The number of rotatable bonds is 7. The molecular weight excluding hydrogens is 432 g/mol. The van der Waals surface area contributed by atoms with Crippen LogP contribution in [0.5, 0.6) is 11.5 Å². The first-order valence-electron chi connectivity index (χ1n) is 9.61. The van der Waals surface area contributed by atoms with Crippen LogP contribution in [-0.2, 0) is 0 Å². The first-order chi connectivity index (χ1) is 15.5. The van der Waals surface area contributed by atoms with E-state index >= 15 is 0 Å². The highest BCUT2D eigenvalue weighted by Gasteiger charge is 2.12. The van der Waals surface area contributed by atoms with Gasteiger partial charge in [-0.25, -0.2) is 4.79 Å². The van der Waals surface area contributed by atoms with Gasteiger partial charge in [-0.2, -0.15) is 0 Å². The fourth-order valence-electron chi connectivity index (χ4n) is 3.21. The highest BCUT2D eigenvalue weighted by Crippen LogP contribution is 2.28. The maximum atomic E-state index is 12.7. The molecule has 0 aliphatic heterocycles. The van der Waals surface area contributed by atoms with Gasteiger partial charge in [0.25, 0.3) is 0 Å². The van der Waals surface area contributed by atoms with E-state index in [-0.39, 0.29) is 16.7 Å². The molecule has 4 rings (SSSR count). The van der Waals surface area contributed by atoms with Crippen molar-refractivity contribution in [3.8, 4) is 28.6 Å². The summed E-state index contributed by atoms with van der Waals surface area (Å²) in [4.78, 5) is 27.9. The number of nitrogens with zero attached hydrogens (tertiary/aromatic N) is 1. The van der Waals surface area contributed by atoms with Crippen LogP contribution in [0.1, 0.15) is 15.9 Å². The number of nitrogens with one attached hydrogen (secondary N) is 1. The Balaban J connectivity index is 1.58. The number of methoxy groups -OCH3 is 2. The van der Waals surface area contributed by atoms with Crippen molar-refractivity contribution < 1.29 is 18.7 Å². The van der Waals surface area contributed by atoms with Gasteiger partial charge in [-0.15, -0.1) is 0 Å². The number of carbonyl (C=O) groups excluding carboxylic acids is 1. The summed E-state index contributed by atoms with van der Waals surface area (Å²) >= 11 is 5.81. The van der Waals surface area contributed by atoms with Gasteiger partial charge in [-0.05, 0) is 59.6 Å². The van der Waals surface area contributed by atoms with Crippen molar-refractivity contribution in [1.82, 2.24) is 9.55 Å². The molecule has 0 atom stereocenters. The van der Waals surface area contributed by atoms with Crippen molar-refractivity contribution in [3.05, 3.63) is 93.7 Å². The average molecular weight is 451 g/mol. The number of hydrogen-bond donors (Lipinski definition) is 1. The van der Waals surface area contributed by atoms with E-state index in [0.717, 1.165) is 5.56 Å². The van der Waals surface area contributed by atoms with Gasteiger partial charge < -0.3 is 18.9 Å². The lowest BCUT2D eigenvalue weighted by Gasteiger charge is -2.07. The van der Waals surface area contributed by atoms with Crippen LogP contribution in [0.2, 0.25) is 5.22 Å². The summed E-state index contributed by atoms with van der Waals surface area (Å²) in [6.07, 6.45) is 4.76. The second-order valence-electron chi connectivity index (χ2n) is 6.81. The first-order valence-corrected chi connectivity index (χ1v) is 9.98. The van der Waals surface area contributed by atoms with Crippen molar-refractivity contribution in [2.45, 2.75) is 0 Å². The lowest BCUT2D eigenvalue weighted by Crippen LogP contribution is -2.14. The summed E-state index contributed by atoms with van der Waals surface area (Å²) in [7, 11) is 3.11. The number of benzene rings is 2. The Hall–Kier alpha value is -3.97. The zero-order chi connectivity index (χ0) is 22.7. The molecule has 0 aliphatic carbocycles. The summed E-state index contributed by atoms with van der Waals surface area (Å²) in [6.45, 7) is 0. The Bertz CT molecular complexity index is 1360. The number of ether oxygens (including phenoxy) is 2. The maximum Gasteiger partial charge on any atom is 0.330 e. The largest absolute Gasteiger partial charge is 0.493 e. The van der Waals surface area contributed by atoms with Crippen molar-refractivity contribution in [3.63, 3.8) is 0 Å². The Morgan fingerprint density at radius 1 is 1.06 bits per heavy atom. The van der Waals surface area contributed by atoms with Crippen LogP contribution in [0, 0.1) is 0 Å². The topological polar surface area (TPSA) is 86.5 Å². The third-order valence-electron chi connectivity index (χ3n) is 4.80. The molecule has 7 nitrogen and oxygen atoms in total. The molecule has 2 aromatic heterocycles. The third kappa shape index (κ3) is 4.38. The molecule has 0 aliphatic rings. The fraction of sp³-hybridized carbons (Fsp3) is 0.0833. The SMILES string of the molecule is COc1ccc(C=CC(=O)c2cccc(-n3cc(-c4ccc(Cl)o4)[nH]c3=O)c2)cc1OC. The van der Waals surface area contributed by atoms with Crippen LogP contribution in [0.3, 0.4) is 0 Å². The molecule has 0 spiro atoms. The molecule has 32 heavy (non-hydrogen) atoms. The first kappa shape index (κ1) is 21.3. The molecule has 2 heterocycles. The number of ketones is 1. The quantitative estimate of drug-likeness (QED) is 0.316. The number of H-pyrrole nitrogens is 1. The van der Waals surface area contributed by atoms with Crippen LogP contribution < -0.4 is 15.2 Å². The Morgan fingerprint density at radius 3 is 2.59 bits per heavy atom. The molecule has 0 radical (unpaired) electrons. The van der Waals surface area contributed by atoms with Crippen molar-refractivity contribution in [2.24, 2.45) is 0 Å². The number of allylic oxidation sites excluding steroid dienone is 1. The Morgan fingerprint density at radius 2 is 1.88 bits per heavy atom. The van der Waals surface area contributed by atoms with Crippen molar-refractivity contribution in [1.29, 1.82) is 0 Å². The third-order valence-corrected chi connectivity index (χ3v) is 5.00. The number of aromatic amines is 1. The number of furan rings is 1. The lowest BCUT2D eigenvalue weighted by molar-refractivity contribution is 0.104. The standard InChI is InChI=1S/C24H19ClN2O5/c1-30-21-9-7-15(12-22(21)31-2)6-8-19(28)16-4-3-5-17(13-16)27-14-18(26-24(27)29)20-10-11-23(25)32-20/h3-14H,1-2H3,(H,26,29). The molecule has 0 unspecified atom stereocenters. The van der Waals surface area contributed by atoms with Gasteiger partial charge in [0.05, 0.1) is 19.9 Å². The van der Waals surface area contributed by atoms with Gasteiger partial charge >= 0.3 is 5.69 Å². The Kier molecular flexibility index (Phi) is 6.00. The predicted octanol–water partition coefficient (Wildman–Crippen LogP) is 4.99. The van der Waals surface area contributed by atoms with Crippen LogP contribution in [0.15, 0.2) is 76.1 Å². The smallest absolute Gasteiger partial charge is 0.330 e. The molecule has 1 N–H and O–H groups in total. The molecule has 0 saturated heterocycles. The van der Waals surface area contributed by atoms with E-state index in [2.05, 4.69) is 4.98 Å². The summed E-state index contributed by atoms with van der Waals surface area (Å²) in [5.74, 6) is 1.42. The number of imidazole rings is 1. The molecule has 4 aromatic rings. The van der Waals surface area contributed by atoms with Crippen molar-refractivity contribution >= 4 is 23.5 Å². The predicted molar refractivity (Wildman–Crippen MR) is 122 cm³/mol. The van der Waals surface area contributed by atoms with Crippen LogP contribution in [-0.4, -0.2) is 29.6 Å². The molecule has 0 amide bonds. The average Bonchev–Trinajstić information content (AvgIpc) is 3.42. The van der Waals surface area contributed by atoms with E-state index in [0.29, 0.717) is 34.2 Å². The van der Waals surface area contributed by atoms with Gasteiger partial charge in [0, 0.05) is 11.8 Å². The van der Waals surface area contributed by atoms with E-state index < -0.39 is 0 Å². The Labute approximate surface area is 188 Å². The molecule has 8 heteroatoms. The van der Waals surface area contributed by atoms with Gasteiger partial charge in [0.1, 0.15) is 5.69 Å². The van der Waals surface area contributed by atoms with Gasteiger partial charge in [-0.3, -0.25) is 9.36 Å². The zero-order valence-corrected chi connectivity index (χ0v) is 18.1. The van der Waals surface area contributed by atoms with E-state index in [1.165, 1.54) is 10.6 Å². The van der Waals surface area contributed by atoms with Crippen LogP contribution >= 0.6 is 11.6 Å². The van der Waals surface area contributed by atoms with Crippen LogP contribution in [0.25, 0.3) is 23.2 Å². The van der Waals surface area contributed by atoms with Gasteiger partial charge in [-0.1, -0.05) is 24.3 Å². The van der Waals surface area contributed by atoms with E-state index in [1.54, 1.807) is 75.0 Å². The van der Waals surface area contributed by atoms with Gasteiger partial charge in [0.15, 0.2) is 28.3 Å². The molecule has 162 valence electrons. The minimum atomic E-state index is -0.363. The van der Waals surface area contributed by atoms with Gasteiger partial charge in [0.2, 0.25) is 0 Å². The molecule has 0 saturated carbocycles. The van der Waals surface area contributed by atoms with Crippen molar-refractivity contribution in [2.75, 3.05) is 14.2 Å². The summed E-state index contributed by atoms with van der Waals surface area (Å²) in [6, 6.07) is 15.4. The zero-order valence-electron chi connectivity index (χ0n) is 17.3. The second kappa shape index (κ2) is 9.03. The van der Waals surface area contributed by atoms with E-state index in [1.807, 2.05) is 6.07 Å². The summed E-state index contributed by atoms with van der Waals surface area (Å²) in [5.41, 5.74) is 1.89. The van der Waals surface area contributed by atoms with E-state index in [4.69, 9.17) is 25.5 Å². The molecular formula is C24H19ClN2O5. The minimum absolute atomic E-state index is 0.205. The summed E-state index contributed by atoms with van der Waals surface area (Å²) < 4.78 is 17.3.